The Bertz CT molecular complexity index is 632. The summed E-state index contributed by atoms with van der Waals surface area (Å²) in [6.45, 7) is 0. The number of nitrogens with one attached hydrogen (secondary N) is 1. The van der Waals surface area contributed by atoms with Crippen LogP contribution in [0.25, 0.3) is 10.9 Å². The molecule has 0 amide bonds. The van der Waals surface area contributed by atoms with E-state index in [4.69, 9.17) is 16.7 Å². The lowest BCUT2D eigenvalue weighted by Gasteiger charge is -2.21. The summed E-state index contributed by atoms with van der Waals surface area (Å²) in [6.07, 6.45) is 4.07. The van der Waals surface area contributed by atoms with Crippen LogP contribution in [0.1, 0.15) is 30.5 Å². The number of H-pyrrole nitrogens is 1. The maximum absolute atomic E-state index is 10.6. The number of benzene rings is 1. The molecule has 2 N–H and O–H groups in total. The van der Waals surface area contributed by atoms with E-state index >= 15 is 0 Å². The summed E-state index contributed by atoms with van der Waals surface area (Å²) in [5, 5.41) is 10.7. The number of hydrogen-bond acceptors (Lipinski definition) is 1. The minimum absolute atomic E-state index is 0.270. The van der Waals surface area contributed by atoms with Crippen LogP contribution in [0.2, 0.25) is 5.02 Å². The average Bonchev–Trinajstić information content (AvgIpc) is 2.73. The number of aryl methyl sites for hydroxylation is 1. The molecule has 0 aliphatic heterocycles. The van der Waals surface area contributed by atoms with E-state index in [-0.39, 0.29) is 6.42 Å². The first kappa shape index (κ1) is 12.5. The van der Waals surface area contributed by atoms with Gasteiger partial charge < -0.3 is 10.1 Å². The quantitative estimate of drug-likeness (QED) is 0.897. The summed E-state index contributed by atoms with van der Waals surface area (Å²) in [5.41, 5.74) is 3.76. The first-order valence-electron chi connectivity index (χ1n) is 6.64. The second-order valence-corrected chi connectivity index (χ2v) is 5.75. The number of hydrogen-bond donors (Lipinski definition) is 2. The van der Waals surface area contributed by atoms with E-state index in [2.05, 4.69) is 4.98 Å². The number of aromatic amines is 1. The highest BCUT2D eigenvalue weighted by Gasteiger charge is 2.22. The highest BCUT2D eigenvalue weighted by molar-refractivity contribution is 6.31. The van der Waals surface area contributed by atoms with E-state index < -0.39 is 5.97 Å². The molecule has 0 saturated carbocycles. The lowest BCUT2D eigenvalue weighted by molar-refractivity contribution is -0.137. The predicted octanol–water partition coefficient (Wildman–Crippen LogP) is 3.79. The van der Waals surface area contributed by atoms with Crippen molar-refractivity contribution in [2.24, 2.45) is 5.92 Å². The molecule has 4 heteroatoms. The Morgan fingerprint density at radius 2 is 2.32 bits per heavy atom. The molecule has 1 heterocycles. The molecule has 0 spiro atoms. The van der Waals surface area contributed by atoms with Gasteiger partial charge in [0.2, 0.25) is 0 Å². The smallest absolute Gasteiger partial charge is 0.303 e. The topological polar surface area (TPSA) is 53.1 Å². The Hall–Kier alpha value is -1.48. The van der Waals surface area contributed by atoms with Crippen molar-refractivity contribution in [1.29, 1.82) is 0 Å². The van der Waals surface area contributed by atoms with Crippen LogP contribution in [-0.4, -0.2) is 16.1 Å². The minimum Gasteiger partial charge on any atom is -0.481 e. The van der Waals surface area contributed by atoms with Crippen molar-refractivity contribution in [3.8, 4) is 0 Å². The molecule has 2 aromatic rings. The molecule has 19 heavy (non-hydrogen) atoms. The second-order valence-electron chi connectivity index (χ2n) is 5.31. The lowest BCUT2D eigenvalue weighted by atomic mass is 9.84. The van der Waals surface area contributed by atoms with Crippen LogP contribution in [0.15, 0.2) is 18.2 Å². The number of aromatic nitrogens is 1. The molecule has 1 aromatic carbocycles. The van der Waals surface area contributed by atoms with Crippen molar-refractivity contribution < 1.29 is 9.90 Å². The lowest BCUT2D eigenvalue weighted by Crippen LogP contribution is -2.15. The molecule has 0 bridgehead atoms. The van der Waals surface area contributed by atoms with Gasteiger partial charge in [0.25, 0.3) is 0 Å². The third kappa shape index (κ3) is 2.47. The van der Waals surface area contributed by atoms with Gasteiger partial charge in [-0.15, -0.1) is 0 Å². The van der Waals surface area contributed by atoms with E-state index in [0.29, 0.717) is 5.92 Å². The van der Waals surface area contributed by atoms with E-state index in [0.717, 1.165) is 36.2 Å². The number of fused-ring (bicyclic) bond motifs is 3. The summed E-state index contributed by atoms with van der Waals surface area (Å²) in [7, 11) is 0. The highest BCUT2D eigenvalue weighted by Crippen LogP contribution is 2.34. The summed E-state index contributed by atoms with van der Waals surface area (Å²) in [6, 6.07) is 5.93. The molecule has 0 fully saturated rings. The van der Waals surface area contributed by atoms with Gasteiger partial charge in [-0.3, -0.25) is 4.79 Å². The van der Waals surface area contributed by atoms with Crippen molar-refractivity contribution in [1.82, 2.24) is 4.98 Å². The van der Waals surface area contributed by atoms with Crippen molar-refractivity contribution in [3.63, 3.8) is 0 Å². The third-order valence-electron chi connectivity index (χ3n) is 4.02. The van der Waals surface area contributed by atoms with Crippen LogP contribution in [-0.2, 0) is 17.6 Å². The SMILES string of the molecule is O=C(O)CCC1CCc2c([nH]c3ccc(Cl)cc23)C1. The molecular weight excluding hydrogens is 262 g/mol. The summed E-state index contributed by atoms with van der Waals surface area (Å²) < 4.78 is 0. The zero-order chi connectivity index (χ0) is 13.4. The fourth-order valence-corrected chi connectivity index (χ4v) is 3.22. The Morgan fingerprint density at radius 3 is 3.11 bits per heavy atom. The summed E-state index contributed by atoms with van der Waals surface area (Å²) in [5.74, 6) is -0.221. The Balaban J connectivity index is 1.85. The fourth-order valence-electron chi connectivity index (χ4n) is 3.05. The number of rotatable bonds is 3. The van der Waals surface area contributed by atoms with Gasteiger partial charge >= 0.3 is 5.97 Å². The summed E-state index contributed by atoms with van der Waals surface area (Å²) >= 11 is 6.05. The maximum atomic E-state index is 10.6. The Labute approximate surface area is 116 Å². The van der Waals surface area contributed by atoms with Crippen LogP contribution in [0.4, 0.5) is 0 Å². The van der Waals surface area contributed by atoms with Crippen molar-refractivity contribution in [2.45, 2.75) is 32.1 Å². The Kier molecular flexibility index (Phi) is 3.23. The standard InChI is InChI=1S/C15H16ClNO2/c16-10-3-5-13-12(8-10)11-4-1-9(2-6-15(18)19)7-14(11)17-13/h3,5,8-9,17H,1-2,4,6-7H2,(H,18,19). The van der Waals surface area contributed by atoms with Gasteiger partial charge in [-0.05, 0) is 55.4 Å². The number of carbonyl (C=O) groups is 1. The molecule has 0 radical (unpaired) electrons. The van der Waals surface area contributed by atoms with Crippen molar-refractivity contribution >= 4 is 28.5 Å². The molecule has 1 aliphatic carbocycles. The molecule has 100 valence electrons. The average molecular weight is 278 g/mol. The van der Waals surface area contributed by atoms with Crippen molar-refractivity contribution in [2.75, 3.05) is 0 Å². The van der Waals surface area contributed by atoms with E-state index in [1.807, 2.05) is 18.2 Å². The van der Waals surface area contributed by atoms with Crippen LogP contribution in [0.3, 0.4) is 0 Å². The second kappa shape index (κ2) is 4.89. The molecular formula is C15H16ClNO2. The van der Waals surface area contributed by atoms with Crippen LogP contribution < -0.4 is 0 Å². The minimum atomic E-state index is -0.700. The summed E-state index contributed by atoms with van der Waals surface area (Å²) in [4.78, 5) is 14.1. The monoisotopic (exact) mass is 277 g/mol. The number of carboxylic acids is 1. The largest absolute Gasteiger partial charge is 0.481 e. The number of carboxylic acid groups (broad SMARTS) is 1. The van der Waals surface area contributed by atoms with Gasteiger partial charge in [0.05, 0.1) is 0 Å². The maximum Gasteiger partial charge on any atom is 0.303 e. The molecule has 3 rings (SSSR count). The van der Waals surface area contributed by atoms with E-state index in [9.17, 15) is 4.79 Å². The van der Waals surface area contributed by atoms with Gasteiger partial charge in [0.15, 0.2) is 0 Å². The van der Waals surface area contributed by atoms with E-state index in [1.54, 1.807) is 0 Å². The van der Waals surface area contributed by atoms with Crippen LogP contribution in [0, 0.1) is 5.92 Å². The van der Waals surface area contributed by atoms with Gasteiger partial charge in [0, 0.05) is 28.0 Å². The third-order valence-corrected chi connectivity index (χ3v) is 4.25. The van der Waals surface area contributed by atoms with Gasteiger partial charge in [-0.1, -0.05) is 11.6 Å². The van der Waals surface area contributed by atoms with Crippen LogP contribution >= 0.6 is 11.6 Å². The highest BCUT2D eigenvalue weighted by atomic mass is 35.5. The molecule has 3 nitrogen and oxygen atoms in total. The van der Waals surface area contributed by atoms with Gasteiger partial charge in [-0.25, -0.2) is 0 Å². The molecule has 1 aromatic heterocycles. The molecule has 1 unspecified atom stereocenters. The molecule has 1 atom stereocenters. The predicted molar refractivity (Wildman–Crippen MR) is 75.7 cm³/mol. The zero-order valence-corrected chi connectivity index (χ0v) is 11.3. The first-order chi connectivity index (χ1) is 9.13. The number of aliphatic carboxylic acids is 1. The van der Waals surface area contributed by atoms with Gasteiger partial charge in [0.1, 0.15) is 0 Å². The zero-order valence-electron chi connectivity index (χ0n) is 10.6. The van der Waals surface area contributed by atoms with Crippen molar-refractivity contribution in [3.05, 3.63) is 34.5 Å². The van der Waals surface area contributed by atoms with Crippen LogP contribution in [0.5, 0.6) is 0 Å². The Morgan fingerprint density at radius 1 is 1.47 bits per heavy atom. The number of halogens is 1. The first-order valence-corrected chi connectivity index (χ1v) is 7.02. The fraction of sp³-hybridized carbons (Fsp3) is 0.400. The molecule has 1 aliphatic rings. The van der Waals surface area contributed by atoms with Gasteiger partial charge in [-0.2, -0.15) is 0 Å². The van der Waals surface area contributed by atoms with E-state index in [1.165, 1.54) is 16.6 Å². The normalized spacial score (nSPS) is 18.5. The molecule has 0 saturated heterocycles.